The molecule has 0 saturated carbocycles. The lowest BCUT2D eigenvalue weighted by Gasteiger charge is -2.35. The van der Waals surface area contributed by atoms with Gasteiger partial charge in [0, 0.05) is 32.7 Å². The van der Waals surface area contributed by atoms with Crippen LogP contribution in [-0.2, 0) is 5.41 Å². The summed E-state index contributed by atoms with van der Waals surface area (Å²) in [6.45, 7) is 8.81. The van der Waals surface area contributed by atoms with E-state index in [9.17, 15) is 9.65 Å². The van der Waals surface area contributed by atoms with E-state index in [1.807, 2.05) is 18.2 Å². The second-order valence-corrected chi connectivity index (χ2v) is 8.00. The van der Waals surface area contributed by atoms with Crippen molar-refractivity contribution in [3.05, 3.63) is 66.0 Å². The van der Waals surface area contributed by atoms with Crippen LogP contribution >= 0.6 is 0 Å². The SMILES string of the molecule is CCC(C#N)(CCCN1CCN(CCOc2ccc(F)cc2)CC1)c1ccccc1. The molecule has 1 atom stereocenters. The average molecular weight is 410 g/mol. The molecule has 160 valence electrons. The van der Waals surface area contributed by atoms with E-state index < -0.39 is 0 Å². The highest BCUT2D eigenvalue weighted by Crippen LogP contribution is 2.32. The minimum Gasteiger partial charge on any atom is -0.492 e. The van der Waals surface area contributed by atoms with Crippen molar-refractivity contribution in [2.24, 2.45) is 0 Å². The first-order valence-electron chi connectivity index (χ1n) is 10.9. The van der Waals surface area contributed by atoms with Gasteiger partial charge in [0.15, 0.2) is 0 Å². The number of benzene rings is 2. The summed E-state index contributed by atoms with van der Waals surface area (Å²) >= 11 is 0. The molecule has 3 rings (SSSR count). The van der Waals surface area contributed by atoms with Crippen LogP contribution < -0.4 is 4.74 Å². The molecule has 1 unspecified atom stereocenters. The number of piperazine rings is 1. The summed E-state index contributed by atoms with van der Waals surface area (Å²) in [7, 11) is 0. The summed E-state index contributed by atoms with van der Waals surface area (Å²) in [5, 5.41) is 9.88. The molecule has 2 aromatic carbocycles. The first-order chi connectivity index (χ1) is 14.6. The molecule has 1 fully saturated rings. The Morgan fingerprint density at radius 3 is 2.20 bits per heavy atom. The lowest BCUT2D eigenvalue weighted by atomic mass is 9.76. The highest BCUT2D eigenvalue weighted by Gasteiger charge is 2.30. The molecule has 1 heterocycles. The van der Waals surface area contributed by atoms with Crippen LogP contribution in [0.2, 0.25) is 0 Å². The number of hydrogen-bond donors (Lipinski definition) is 0. The van der Waals surface area contributed by atoms with Crippen LogP contribution in [0.5, 0.6) is 5.75 Å². The number of rotatable bonds is 10. The maximum Gasteiger partial charge on any atom is 0.123 e. The predicted octanol–water partition coefficient (Wildman–Crippen LogP) is 4.47. The van der Waals surface area contributed by atoms with Gasteiger partial charge < -0.3 is 9.64 Å². The van der Waals surface area contributed by atoms with E-state index in [0.717, 1.165) is 64.1 Å². The molecule has 0 N–H and O–H groups in total. The minimum absolute atomic E-state index is 0.242. The molecule has 0 radical (unpaired) electrons. The Labute approximate surface area is 179 Å². The Morgan fingerprint density at radius 2 is 1.60 bits per heavy atom. The molecule has 5 heteroatoms. The molecule has 0 amide bonds. The van der Waals surface area contributed by atoms with E-state index in [1.165, 1.54) is 12.1 Å². The topological polar surface area (TPSA) is 39.5 Å². The normalized spacial score (nSPS) is 17.2. The lowest BCUT2D eigenvalue weighted by molar-refractivity contribution is 0.114. The Hall–Kier alpha value is -2.42. The van der Waals surface area contributed by atoms with Crippen molar-refractivity contribution in [3.8, 4) is 11.8 Å². The lowest BCUT2D eigenvalue weighted by Crippen LogP contribution is -2.47. The van der Waals surface area contributed by atoms with Crippen molar-refractivity contribution in [1.82, 2.24) is 9.80 Å². The van der Waals surface area contributed by atoms with Crippen molar-refractivity contribution < 1.29 is 9.13 Å². The van der Waals surface area contributed by atoms with Gasteiger partial charge in [0.05, 0.1) is 11.5 Å². The zero-order chi connectivity index (χ0) is 21.2. The van der Waals surface area contributed by atoms with Gasteiger partial charge >= 0.3 is 0 Å². The van der Waals surface area contributed by atoms with Gasteiger partial charge in [-0.25, -0.2) is 4.39 Å². The molecule has 30 heavy (non-hydrogen) atoms. The van der Waals surface area contributed by atoms with Gasteiger partial charge in [-0.1, -0.05) is 37.3 Å². The molecule has 1 aliphatic rings. The molecule has 1 saturated heterocycles. The second-order valence-electron chi connectivity index (χ2n) is 8.00. The second kappa shape index (κ2) is 11.1. The molecule has 0 spiro atoms. The van der Waals surface area contributed by atoms with Crippen LogP contribution in [0.3, 0.4) is 0 Å². The summed E-state index contributed by atoms with van der Waals surface area (Å²) in [6.07, 6.45) is 2.77. The fourth-order valence-electron chi connectivity index (χ4n) is 4.15. The maximum atomic E-state index is 12.9. The third-order valence-corrected chi connectivity index (χ3v) is 6.18. The first-order valence-corrected chi connectivity index (χ1v) is 10.9. The summed E-state index contributed by atoms with van der Waals surface area (Å²) < 4.78 is 18.6. The smallest absolute Gasteiger partial charge is 0.123 e. The quantitative estimate of drug-likeness (QED) is 0.580. The number of nitriles is 1. The Morgan fingerprint density at radius 1 is 0.967 bits per heavy atom. The first kappa shape index (κ1) is 22.3. The van der Waals surface area contributed by atoms with Gasteiger partial charge in [0.25, 0.3) is 0 Å². The largest absolute Gasteiger partial charge is 0.492 e. The summed E-state index contributed by atoms with van der Waals surface area (Å²) in [5.41, 5.74) is 0.766. The summed E-state index contributed by atoms with van der Waals surface area (Å²) in [5.74, 6) is 0.471. The van der Waals surface area contributed by atoms with E-state index in [2.05, 4.69) is 34.9 Å². The number of hydrogen-bond acceptors (Lipinski definition) is 4. The molecule has 1 aliphatic heterocycles. The van der Waals surface area contributed by atoms with Crippen LogP contribution in [0, 0.1) is 17.1 Å². The van der Waals surface area contributed by atoms with Crippen LogP contribution in [-0.4, -0.2) is 55.7 Å². The fourth-order valence-corrected chi connectivity index (χ4v) is 4.15. The van der Waals surface area contributed by atoms with Gasteiger partial charge in [-0.05, 0) is 55.6 Å². The van der Waals surface area contributed by atoms with Gasteiger partial charge in [0.2, 0.25) is 0 Å². The molecule has 0 bridgehead atoms. The Balaban J connectivity index is 1.36. The van der Waals surface area contributed by atoms with Gasteiger partial charge in [-0.2, -0.15) is 5.26 Å². The average Bonchev–Trinajstić information content (AvgIpc) is 2.80. The Kier molecular flexibility index (Phi) is 8.24. The van der Waals surface area contributed by atoms with Gasteiger partial charge in [-0.3, -0.25) is 4.90 Å². The zero-order valence-electron chi connectivity index (χ0n) is 17.9. The zero-order valence-corrected chi connectivity index (χ0v) is 17.9. The minimum atomic E-state index is -0.374. The van der Waals surface area contributed by atoms with Crippen LogP contribution in [0.1, 0.15) is 31.7 Å². The molecule has 0 aromatic heterocycles. The molecule has 4 nitrogen and oxygen atoms in total. The monoisotopic (exact) mass is 409 g/mol. The van der Waals surface area contributed by atoms with Gasteiger partial charge in [0.1, 0.15) is 18.2 Å². The van der Waals surface area contributed by atoms with Crippen molar-refractivity contribution in [2.75, 3.05) is 45.9 Å². The van der Waals surface area contributed by atoms with Crippen LogP contribution in [0.25, 0.3) is 0 Å². The van der Waals surface area contributed by atoms with Crippen LogP contribution in [0.15, 0.2) is 54.6 Å². The third-order valence-electron chi connectivity index (χ3n) is 6.18. The predicted molar refractivity (Wildman–Crippen MR) is 118 cm³/mol. The maximum absolute atomic E-state index is 12.9. The van der Waals surface area contributed by atoms with E-state index >= 15 is 0 Å². The van der Waals surface area contributed by atoms with E-state index in [0.29, 0.717) is 12.4 Å². The van der Waals surface area contributed by atoms with E-state index in [4.69, 9.17) is 4.74 Å². The van der Waals surface area contributed by atoms with E-state index in [1.54, 1.807) is 12.1 Å². The van der Waals surface area contributed by atoms with Crippen molar-refractivity contribution >= 4 is 0 Å². The third kappa shape index (κ3) is 6.04. The molecule has 2 aromatic rings. The number of halogens is 1. The molecule has 0 aliphatic carbocycles. The van der Waals surface area contributed by atoms with Gasteiger partial charge in [-0.15, -0.1) is 0 Å². The Bertz CT molecular complexity index is 797. The number of nitrogens with zero attached hydrogens (tertiary/aromatic N) is 3. The standard InChI is InChI=1S/C25H32FN3O/c1-2-25(21-27,22-7-4-3-5-8-22)13-6-14-28-15-17-29(18-16-28)19-20-30-24-11-9-23(26)10-12-24/h3-5,7-12H,2,6,13-20H2,1H3. The van der Waals surface area contributed by atoms with Crippen LogP contribution in [0.4, 0.5) is 4.39 Å². The fraction of sp³-hybridized carbons (Fsp3) is 0.480. The highest BCUT2D eigenvalue weighted by molar-refractivity contribution is 5.32. The van der Waals surface area contributed by atoms with E-state index in [-0.39, 0.29) is 11.2 Å². The number of ether oxygens (including phenoxy) is 1. The van der Waals surface area contributed by atoms with Crippen molar-refractivity contribution in [2.45, 2.75) is 31.6 Å². The summed E-state index contributed by atoms with van der Waals surface area (Å²) in [6, 6.07) is 19.0. The highest BCUT2D eigenvalue weighted by atomic mass is 19.1. The van der Waals surface area contributed by atoms with Crippen molar-refractivity contribution in [1.29, 1.82) is 5.26 Å². The molecular weight excluding hydrogens is 377 g/mol. The summed E-state index contributed by atoms with van der Waals surface area (Å²) in [4.78, 5) is 4.91. The molecular formula is C25H32FN3O. The van der Waals surface area contributed by atoms with Crippen molar-refractivity contribution in [3.63, 3.8) is 0 Å².